The second-order valence-electron chi connectivity index (χ2n) is 5.85. The third kappa shape index (κ3) is 3.73. The van der Waals surface area contributed by atoms with Crippen LogP contribution < -0.4 is 5.32 Å². The number of hydrogen-bond donors (Lipinski definition) is 2. The molecule has 2 unspecified atom stereocenters. The normalized spacial score (nSPS) is 19.4. The Morgan fingerprint density at radius 1 is 1.32 bits per heavy atom. The topological polar surface area (TPSA) is 32.3 Å². The lowest BCUT2D eigenvalue weighted by atomic mass is 10.0. The van der Waals surface area contributed by atoms with E-state index in [0.29, 0.717) is 17.8 Å². The minimum atomic E-state index is 0.434. The van der Waals surface area contributed by atoms with Gasteiger partial charge >= 0.3 is 0 Å². The highest BCUT2D eigenvalue weighted by atomic mass is 16.3. The van der Waals surface area contributed by atoms with Gasteiger partial charge in [-0.3, -0.25) is 0 Å². The van der Waals surface area contributed by atoms with Crippen LogP contribution in [0.1, 0.15) is 69.5 Å². The van der Waals surface area contributed by atoms with Gasteiger partial charge in [0.25, 0.3) is 0 Å². The molecule has 0 aromatic heterocycles. The minimum absolute atomic E-state index is 0.434. The van der Waals surface area contributed by atoms with Crippen LogP contribution >= 0.6 is 0 Å². The zero-order chi connectivity index (χ0) is 13.7. The van der Waals surface area contributed by atoms with E-state index in [1.54, 1.807) is 6.07 Å². The molecule has 19 heavy (non-hydrogen) atoms. The summed E-state index contributed by atoms with van der Waals surface area (Å²) < 4.78 is 0. The van der Waals surface area contributed by atoms with Crippen LogP contribution in [0.25, 0.3) is 0 Å². The molecule has 1 aromatic carbocycles. The van der Waals surface area contributed by atoms with Gasteiger partial charge in [-0.2, -0.15) is 0 Å². The van der Waals surface area contributed by atoms with E-state index in [9.17, 15) is 5.11 Å². The molecular weight excluding hydrogens is 234 g/mol. The SMILES string of the molecule is CCCCCCC(C)NC1CCc2c(O)cccc21. The van der Waals surface area contributed by atoms with Crippen LogP contribution in [0.5, 0.6) is 5.75 Å². The minimum Gasteiger partial charge on any atom is -0.508 e. The number of aromatic hydroxyl groups is 1. The fourth-order valence-electron chi connectivity index (χ4n) is 3.11. The van der Waals surface area contributed by atoms with Gasteiger partial charge in [-0.15, -0.1) is 0 Å². The molecule has 1 aromatic rings. The summed E-state index contributed by atoms with van der Waals surface area (Å²) in [5, 5.41) is 13.6. The van der Waals surface area contributed by atoms with Gasteiger partial charge in [0.1, 0.15) is 5.75 Å². The predicted octanol–water partition coefficient (Wildman–Crippen LogP) is 4.33. The fraction of sp³-hybridized carbons (Fsp3) is 0.647. The van der Waals surface area contributed by atoms with Crippen molar-refractivity contribution in [3.63, 3.8) is 0 Å². The smallest absolute Gasteiger partial charge is 0.119 e. The predicted molar refractivity (Wildman–Crippen MR) is 80.5 cm³/mol. The summed E-state index contributed by atoms with van der Waals surface area (Å²) in [4.78, 5) is 0. The van der Waals surface area contributed by atoms with Crippen molar-refractivity contribution in [2.24, 2.45) is 0 Å². The summed E-state index contributed by atoms with van der Waals surface area (Å²) in [6, 6.07) is 6.91. The molecule has 106 valence electrons. The third-order valence-corrected chi connectivity index (χ3v) is 4.22. The third-order valence-electron chi connectivity index (χ3n) is 4.22. The Morgan fingerprint density at radius 3 is 2.95 bits per heavy atom. The Bertz CT molecular complexity index is 402. The average molecular weight is 261 g/mol. The summed E-state index contributed by atoms with van der Waals surface area (Å²) in [5.41, 5.74) is 2.46. The maximum absolute atomic E-state index is 9.86. The highest BCUT2D eigenvalue weighted by molar-refractivity contribution is 5.44. The van der Waals surface area contributed by atoms with E-state index in [1.165, 1.54) is 37.7 Å². The van der Waals surface area contributed by atoms with Gasteiger partial charge in [-0.25, -0.2) is 0 Å². The molecule has 0 heterocycles. The molecule has 1 aliphatic rings. The highest BCUT2D eigenvalue weighted by Crippen LogP contribution is 2.36. The molecule has 2 heteroatoms. The van der Waals surface area contributed by atoms with E-state index in [-0.39, 0.29) is 0 Å². The van der Waals surface area contributed by atoms with Crippen molar-refractivity contribution in [3.05, 3.63) is 29.3 Å². The monoisotopic (exact) mass is 261 g/mol. The first-order valence-electron chi connectivity index (χ1n) is 7.79. The van der Waals surface area contributed by atoms with Crippen molar-refractivity contribution in [1.82, 2.24) is 5.32 Å². The molecule has 0 saturated heterocycles. The van der Waals surface area contributed by atoms with Crippen LogP contribution in [-0.2, 0) is 6.42 Å². The van der Waals surface area contributed by atoms with Crippen LogP contribution in [0.3, 0.4) is 0 Å². The average Bonchev–Trinajstić information content (AvgIpc) is 2.80. The van der Waals surface area contributed by atoms with Crippen LogP contribution in [-0.4, -0.2) is 11.1 Å². The number of fused-ring (bicyclic) bond motifs is 1. The number of phenolic OH excluding ortho intramolecular Hbond substituents is 1. The molecule has 2 atom stereocenters. The molecule has 0 bridgehead atoms. The summed E-state index contributed by atoms with van der Waals surface area (Å²) in [6.07, 6.45) is 8.70. The van der Waals surface area contributed by atoms with E-state index >= 15 is 0 Å². The van der Waals surface area contributed by atoms with E-state index in [2.05, 4.69) is 25.2 Å². The first-order chi connectivity index (χ1) is 9.22. The van der Waals surface area contributed by atoms with Gasteiger partial charge in [0.15, 0.2) is 0 Å². The quantitative estimate of drug-likeness (QED) is 0.716. The molecule has 0 amide bonds. The molecule has 0 aliphatic heterocycles. The molecule has 0 radical (unpaired) electrons. The molecule has 2 nitrogen and oxygen atoms in total. The van der Waals surface area contributed by atoms with Crippen LogP contribution in [0.2, 0.25) is 0 Å². The van der Waals surface area contributed by atoms with E-state index in [1.807, 2.05) is 6.07 Å². The maximum Gasteiger partial charge on any atom is 0.119 e. The first kappa shape index (κ1) is 14.4. The Morgan fingerprint density at radius 2 is 2.16 bits per heavy atom. The van der Waals surface area contributed by atoms with Crippen molar-refractivity contribution in [1.29, 1.82) is 0 Å². The number of phenols is 1. The van der Waals surface area contributed by atoms with E-state index in [0.717, 1.165) is 18.4 Å². The largest absolute Gasteiger partial charge is 0.508 e. The molecule has 0 saturated carbocycles. The van der Waals surface area contributed by atoms with Crippen LogP contribution in [0.15, 0.2) is 18.2 Å². The molecule has 1 aliphatic carbocycles. The van der Waals surface area contributed by atoms with E-state index in [4.69, 9.17) is 0 Å². The molecule has 2 N–H and O–H groups in total. The van der Waals surface area contributed by atoms with Gasteiger partial charge in [-0.05, 0) is 43.4 Å². The van der Waals surface area contributed by atoms with Crippen molar-refractivity contribution in [3.8, 4) is 5.75 Å². The summed E-state index contributed by atoms with van der Waals surface area (Å²) in [6.45, 7) is 4.54. The number of hydrogen-bond acceptors (Lipinski definition) is 2. The summed E-state index contributed by atoms with van der Waals surface area (Å²) in [7, 11) is 0. The first-order valence-corrected chi connectivity index (χ1v) is 7.79. The second-order valence-corrected chi connectivity index (χ2v) is 5.85. The number of rotatable bonds is 7. The molecule has 0 fully saturated rings. The van der Waals surface area contributed by atoms with Crippen molar-refractivity contribution >= 4 is 0 Å². The van der Waals surface area contributed by atoms with E-state index < -0.39 is 0 Å². The fourth-order valence-corrected chi connectivity index (χ4v) is 3.11. The van der Waals surface area contributed by atoms with Crippen molar-refractivity contribution in [2.75, 3.05) is 0 Å². The second kappa shape index (κ2) is 6.95. The zero-order valence-corrected chi connectivity index (χ0v) is 12.3. The van der Waals surface area contributed by atoms with Gasteiger partial charge in [0, 0.05) is 12.1 Å². The Balaban J connectivity index is 1.83. The lowest BCUT2D eigenvalue weighted by molar-refractivity contribution is 0.419. The Labute approximate surface area is 117 Å². The molecule has 2 rings (SSSR count). The molecule has 0 spiro atoms. The highest BCUT2D eigenvalue weighted by Gasteiger charge is 2.25. The molecular formula is C17H27NO. The lowest BCUT2D eigenvalue weighted by Gasteiger charge is -2.20. The maximum atomic E-state index is 9.86. The van der Waals surface area contributed by atoms with Crippen molar-refractivity contribution < 1.29 is 5.11 Å². The van der Waals surface area contributed by atoms with Gasteiger partial charge in [-0.1, -0.05) is 44.7 Å². The Hall–Kier alpha value is -1.02. The van der Waals surface area contributed by atoms with Gasteiger partial charge in [0.05, 0.1) is 0 Å². The standard InChI is InChI=1S/C17H27NO/c1-3-4-5-6-8-13(2)18-16-12-11-15-14(16)9-7-10-17(15)19/h7,9-10,13,16,18-19H,3-6,8,11-12H2,1-2H3. The number of nitrogens with one attached hydrogen (secondary N) is 1. The number of benzene rings is 1. The lowest BCUT2D eigenvalue weighted by Crippen LogP contribution is -2.29. The van der Waals surface area contributed by atoms with Crippen LogP contribution in [0, 0.1) is 0 Å². The summed E-state index contributed by atoms with van der Waals surface area (Å²) in [5.74, 6) is 0.470. The van der Waals surface area contributed by atoms with Crippen LogP contribution in [0.4, 0.5) is 0 Å². The van der Waals surface area contributed by atoms with Gasteiger partial charge < -0.3 is 10.4 Å². The van der Waals surface area contributed by atoms with Crippen molar-refractivity contribution in [2.45, 2.75) is 70.9 Å². The summed E-state index contributed by atoms with van der Waals surface area (Å²) >= 11 is 0. The number of unbranched alkanes of at least 4 members (excludes halogenated alkanes) is 3. The van der Waals surface area contributed by atoms with Gasteiger partial charge in [0.2, 0.25) is 0 Å². The Kier molecular flexibility index (Phi) is 5.26. The zero-order valence-electron chi connectivity index (χ0n) is 12.3.